The second-order valence-corrected chi connectivity index (χ2v) is 8.94. The molecule has 1 heterocycles. The molecule has 5 rings (SSSR count). The van der Waals surface area contributed by atoms with Crippen LogP contribution >= 0.6 is 12.2 Å². The van der Waals surface area contributed by atoms with Crippen molar-refractivity contribution in [1.29, 1.82) is 0 Å². The van der Waals surface area contributed by atoms with Gasteiger partial charge in [-0.05, 0) is 65.8 Å². The Morgan fingerprint density at radius 2 is 1.33 bits per heavy atom. The highest BCUT2D eigenvalue weighted by Gasteiger charge is 2.41. The highest BCUT2D eigenvalue weighted by Crippen LogP contribution is 2.30. The number of nitrogens with zero attached hydrogens (tertiary/aromatic N) is 3. The summed E-state index contributed by atoms with van der Waals surface area (Å²) >= 11 is 5.62. The van der Waals surface area contributed by atoms with E-state index < -0.39 is 16.7 Å². The molecule has 0 aliphatic carbocycles. The predicted molar refractivity (Wildman–Crippen MR) is 152 cm³/mol. The zero-order chi connectivity index (χ0) is 27.4. The highest BCUT2D eigenvalue weighted by molar-refractivity contribution is 7.81. The number of para-hydroxylation sites is 2. The molecule has 4 aromatic carbocycles. The van der Waals surface area contributed by atoms with Gasteiger partial charge in [0.15, 0.2) is 5.11 Å². The van der Waals surface area contributed by atoms with E-state index in [0.29, 0.717) is 28.3 Å². The summed E-state index contributed by atoms with van der Waals surface area (Å²) in [5, 5.41) is 11.1. The molecule has 0 radical (unpaired) electrons. The fourth-order valence-electron chi connectivity index (χ4n) is 4.09. The monoisotopic (exact) mass is 535 g/mol. The van der Waals surface area contributed by atoms with Gasteiger partial charge in [-0.15, -0.1) is 0 Å². The second-order valence-electron chi connectivity index (χ2n) is 8.58. The number of benzene rings is 4. The molecule has 39 heavy (non-hydrogen) atoms. The first-order valence-electron chi connectivity index (χ1n) is 11.9. The van der Waals surface area contributed by atoms with Gasteiger partial charge in [-0.25, -0.2) is 0 Å². The lowest BCUT2D eigenvalue weighted by atomic mass is 10.0. The van der Waals surface area contributed by atoms with Crippen molar-refractivity contribution in [2.45, 2.75) is 6.61 Å². The van der Waals surface area contributed by atoms with Crippen LogP contribution < -0.4 is 14.5 Å². The Bertz CT molecular complexity index is 1520. The number of carbonyl (C=O) groups is 2. The van der Waals surface area contributed by atoms with E-state index in [9.17, 15) is 19.7 Å². The maximum absolute atomic E-state index is 13.6. The van der Waals surface area contributed by atoms with Crippen molar-refractivity contribution < 1.29 is 19.2 Å². The minimum absolute atomic E-state index is 0.00605. The van der Waals surface area contributed by atoms with E-state index in [0.717, 1.165) is 0 Å². The number of ether oxygens (including phenoxy) is 1. The molecule has 0 N–H and O–H groups in total. The molecule has 0 spiro atoms. The fraction of sp³-hybridized carbons (Fsp3) is 0.0333. The van der Waals surface area contributed by atoms with Crippen LogP contribution in [-0.4, -0.2) is 21.9 Å². The Hall–Kier alpha value is -5.15. The number of hydrogen-bond donors (Lipinski definition) is 0. The Balaban J connectivity index is 1.42. The van der Waals surface area contributed by atoms with Crippen molar-refractivity contribution in [3.05, 3.63) is 136 Å². The van der Waals surface area contributed by atoms with Crippen LogP contribution in [0.3, 0.4) is 0 Å². The number of nitro groups is 1. The van der Waals surface area contributed by atoms with E-state index in [1.54, 1.807) is 84.9 Å². The van der Waals surface area contributed by atoms with Crippen molar-refractivity contribution in [1.82, 2.24) is 0 Å². The Morgan fingerprint density at radius 1 is 0.769 bits per heavy atom. The number of hydrogen-bond acceptors (Lipinski definition) is 6. The average Bonchev–Trinajstić information content (AvgIpc) is 2.96. The van der Waals surface area contributed by atoms with Crippen LogP contribution in [0.1, 0.15) is 11.1 Å². The lowest BCUT2D eigenvalue weighted by Gasteiger charge is -2.36. The minimum atomic E-state index is -0.519. The number of amides is 2. The van der Waals surface area contributed by atoms with E-state index in [1.165, 1.54) is 28.0 Å². The van der Waals surface area contributed by atoms with E-state index in [1.807, 2.05) is 12.1 Å². The summed E-state index contributed by atoms with van der Waals surface area (Å²) in [5.41, 5.74) is 2.33. The third kappa shape index (κ3) is 5.43. The Kier molecular flexibility index (Phi) is 7.24. The molecule has 1 aliphatic rings. The van der Waals surface area contributed by atoms with E-state index >= 15 is 0 Å². The lowest BCUT2D eigenvalue weighted by Crippen LogP contribution is -2.56. The van der Waals surface area contributed by atoms with Crippen molar-refractivity contribution in [2.75, 3.05) is 9.80 Å². The number of non-ortho nitro benzene ring substituents is 1. The van der Waals surface area contributed by atoms with Crippen molar-refractivity contribution in [3.63, 3.8) is 0 Å². The molecule has 1 fully saturated rings. The van der Waals surface area contributed by atoms with Gasteiger partial charge in [0.1, 0.15) is 17.9 Å². The molecular weight excluding hydrogens is 514 g/mol. The quantitative estimate of drug-likeness (QED) is 0.0959. The van der Waals surface area contributed by atoms with Crippen LogP contribution in [0.15, 0.2) is 115 Å². The minimum Gasteiger partial charge on any atom is -0.489 e. The molecule has 1 aliphatic heterocycles. The first-order valence-corrected chi connectivity index (χ1v) is 12.3. The van der Waals surface area contributed by atoms with Crippen LogP contribution in [0.4, 0.5) is 17.1 Å². The van der Waals surface area contributed by atoms with Gasteiger partial charge in [0.2, 0.25) is 0 Å². The smallest absolute Gasteiger partial charge is 0.270 e. The summed E-state index contributed by atoms with van der Waals surface area (Å²) in [7, 11) is 0. The van der Waals surface area contributed by atoms with Crippen LogP contribution in [-0.2, 0) is 16.2 Å². The Morgan fingerprint density at radius 3 is 1.87 bits per heavy atom. The SMILES string of the molecule is O=C1C(=Cc2ccc(OCc3cccc([N+](=O)[O-])c3)cc2)C(=O)N(c2ccccc2)C(=S)N1c1ccccc1. The number of anilines is 2. The van der Waals surface area contributed by atoms with Gasteiger partial charge in [-0.1, -0.05) is 60.7 Å². The molecular formula is C30H21N3O5S. The molecule has 0 atom stereocenters. The molecule has 0 aromatic heterocycles. The molecule has 8 nitrogen and oxygen atoms in total. The van der Waals surface area contributed by atoms with Crippen LogP contribution in [0.25, 0.3) is 6.08 Å². The first kappa shape index (κ1) is 25.5. The van der Waals surface area contributed by atoms with Gasteiger partial charge in [0.05, 0.1) is 16.3 Å². The summed E-state index contributed by atoms with van der Waals surface area (Å²) < 4.78 is 5.77. The van der Waals surface area contributed by atoms with Gasteiger partial charge < -0.3 is 4.74 Å². The molecule has 0 bridgehead atoms. The van der Waals surface area contributed by atoms with Crippen LogP contribution in [0.5, 0.6) is 5.75 Å². The third-order valence-electron chi connectivity index (χ3n) is 6.00. The number of thiocarbonyl (C=S) groups is 1. The topological polar surface area (TPSA) is 93.0 Å². The van der Waals surface area contributed by atoms with Crippen molar-refractivity contribution in [3.8, 4) is 5.75 Å². The van der Waals surface area contributed by atoms with E-state index in [2.05, 4.69) is 0 Å². The number of rotatable bonds is 7. The summed E-state index contributed by atoms with van der Waals surface area (Å²) in [4.78, 5) is 40.4. The van der Waals surface area contributed by atoms with Crippen LogP contribution in [0, 0.1) is 10.1 Å². The zero-order valence-corrected chi connectivity index (χ0v) is 21.3. The standard InChI is InChI=1S/C30H21N3O5S/c34-28-27(19-21-14-16-26(17-15-21)38-20-22-8-7-13-25(18-22)33(36)37)29(35)32(24-11-5-2-6-12-24)30(39)31(28)23-9-3-1-4-10-23/h1-19H,20H2. The summed E-state index contributed by atoms with van der Waals surface area (Å²) in [6, 6.07) is 31.0. The summed E-state index contributed by atoms with van der Waals surface area (Å²) in [5.74, 6) is -0.508. The van der Waals surface area contributed by atoms with Crippen molar-refractivity contribution in [2.24, 2.45) is 0 Å². The van der Waals surface area contributed by atoms with Gasteiger partial charge in [0.25, 0.3) is 17.5 Å². The van der Waals surface area contributed by atoms with Gasteiger partial charge >= 0.3 is 0 Å². The van der Waals surface area contributed by atoms with Gasteiger partial charge in [-0.3, -0.25) is 29.5 Å². The molecule has 9 heteroatoms. The van der Waals surface area contributed by atoms with E-state index in [4.69, 9.17) is 17.0 Å². The van der Waals surface area contributed by atoms with Crippen molar-refractivity contribution >= 4 is 52.3 Å². The van der Waals surface area contributed by atoms with Gasteiger partial charge in [0, 0.05) is 12.1 Å². The first-order chi connectivity index (χ1) is 18.9. The lowest BCUT2D eigenvalue weighted by molar-refractivity contribution is -0.384. The largest absolute Gasteiger partial charge is 0.489 e. The molecule has 192 valence electrons. The summed E-state index contributed by atoms with van der Waals surface area (Å²) in [6.45, 7) is 0.147. The normalized spacial score (nSPS) is 13.4. The Labute approximate surface area is 229 Å². The maximum Gasteiger partial charge on any atom is 0.270 e. The predicted octanol–water partition coefficient (Wildman–Crippen LogP) is 5.92. The summed E-state index contributed by atoms with van der Waals surface area (Å²) in [6.07, 6.45) is 1.53. The van der Waals surface area contributed by atoms with Gasteiger partial charge in [-0.2, -0.15) is 0 Å². The molecule has 1 saturated heterocycles. The highest BCUT2D eigenvalue weighted by atomic mass is 32.1. The third-order valence-corrected chi connectivity index (χ3v) is 6.36. The van der Waals surface area contributed by atoms with E-state index in [-0.39, 0.29) is 23.0 Å². The molecule has 0 saturated carbocycles. The average molecular weight is 536 g/mol. The molecule has 0 unspecified atom stereocenters. The second kappa shape index (κ2) is 11.1. The molecule has 2 amide bonds. The number of nitro benzene ring substituents is 1. The zero-order valence-electron chi connectivity index (χ0n) is 20.5. The maximum atomic E-state index is 13.6. The molecule has 4 aromatic rings. The van der Waals surface area contributed by atoms with Crippen LogP contribution in [0.2, 0.25) is 0 Å². The number of carbonyl (C=O) groups excluding carboxylic acids is 2. The fourth-order valence-corrected chi connectivity index (χ4v) is 4.47.